The Morgan fingerprint density at radius 2 is 2.05 bits per heavy atom. The normalized spacial score (nSPS) is 25.6. The molecule has 13 heteroatoms. The summed E-state index contributed by atoms with van der Waals surface area (Å²) in [7, 11) is -0.366. The number of hydrogen-bond acceptors (Lipinski definition) is 9. The zero-order chi connectivity index (χ0) is 29.8. The number of alkyl halides is 1. The van der Waals surface area contributed by atoms with Crippen LogP contribution < -0.4 is 11.0 Å². The number of carbonyl (C=O) groups is 1. The summed E-state index contributed by atoms with van der Waals surface area (Å²) in [5, 5.41) is 5.93. The number of nitrogens with one attached hydrogen (secondary N) is 1. The molecule has 2 N–H and O–H groups in total. The van der Waals surface area contributed by atoms with Crippen LogP contribution in [0.5, 0.6) is 0 Å². The van der Waals surface area contributed by atoms with Crippen molar-refractivity contribution in [1.29, 1.82) is 1.43 Å². The van der Waals surface area contributed by atoms with Crippen molar-refractivity contribution in [2.75, 3.05) is 38.7 Å². The monoisotopic (exact) mass is 564 g/mol. The topological polar surface area (TPSA) is 118 Å². The third-order valence-electron chi connectivity index (χ3n) is 6.19. The zero-order valence-electron chi connectivity index (χ0n) is 25.3. The first-order valence-corrected chi connectivity index (χ1v) is 14.2. The van der Waals surface area contributed by atoms with E-state index in [2.05, 4.69) is 25.0 Å². The fourth-order valence-electron chi connectivity index (χ4n) is 4.56. The van der Waals surface area contributed by atoms with Gasteiger partial charge in [-0.15, -0.1) is 0 Å². The number of hydrogen-bond donors (Lipinski definition) is 2. The van der Waals surface area contributed by atoms with E-state index < -0.39 is 38.8 Å². The van der Waals surface area contributed by atoms with Gasteiger partial charge in [-0.1, -0.05) is 6.42 Å². The SMILES string of the molecule is [2H]CC1OC(n2ccc(NC(C)=O)nc2=O)C(F)C1OP(OCCN1CCCCC1)N(C(C)C)C(C)C.[3H]OC. The Morgan fingerprint density at radius 1 is 1.39 bits per heavy atom. The molecule has 2 aliphatic rings. The molecule has 0 aliphatic carbocycles. The molecule has 0 saturated carbocycles. The molecule has 1 aromatic rings. The number of carbonyl (C=O) groups excluding carboxylic acids is 1. The summed E-state index contributed by atoms with van der Waals surface area (Å²) in [4.78, 5) is 30.0. The predicted octanol–water partition coefficient (Wildman–Crippen LogP) is 3.30. The average Bonchev–Trinajstić information content (AvgIpc) is 3.19. The van der Waals surface area contributed by atoms with Gasteiger partial charge in [0, 0.05) is 40.2 Å². The van der Waals surface area contributed by atoms with Crippen molar-refractivity contribution in [1.82, 2.24) is 19.1 Å². The number of likely N-dealkylation sites (tertiary alicyclic amines) is 1. The Hall–Kier alpha value is -1.53. The molecule has 2 aliphatic heterocycles. The minimum Gasteiger partial charge on any atom is -0.400 e. The number of aliphatic hydroxyl groups is 1. The zero-order valence-corrected chi connectivity index (χ0v) is 24.2. The lowest BCUT2D eigenvalue weighted by atomic mass is 10.1. The Bertz CT molecular complexity index is 951. The van der Waals surface area contributed by atoms with Crippen molar-refractivity contribution < 1.29 is 29.4 Å². The molecular weight excluding hydrogens is 516 g/mol. The minimum atomic E-state index is -1.72. The first-order valence-electron chi connectivity index (χ1n) is 14.2. The summed E-state index contributed by atoms with van der Waals surface area (Å²) in [6.07, 6.45) is -0.0548. The molecule has 3 rings (SSSR count). The Labute approximate surface area is 229 Å². The highest BCUT2D eigenvalue weighted by atomic mass is 31.2. The van der Waals surface area contributed by atoms with Crippen LogP contribution in [0.4, 0.5) is 10.2 Å². The summed E-state index contributed by atoms with van der Waals surface area (Å²) in [5.74, 6) is -0.302. The molecule has 1 amide bonds. The van der Waals surface area contributed by atoms with Crippen molar-refractivity contribution in [3.63, 3.8) is 0 Å². The third kappa shape index (κ3) is 9.01. The molecular formula is C25H45FN5O6P. The predicted molar refractivity (Wildman–Crippen MR) is 146 cm³/mol. The molecule has 1 aromatic heterocycles. The molecule has 2 saturated heterocycles. The van der Waals surface area contributed by atoms with Gasteiger partial charge in [-0.2, -0.15) is 4.98 Å². The lowest BCUT2D eigenvalue weighted by molar-refractivity contribution is -0.114. The van der Waals surface area contributed by atoms with E-state index in [1.165, 1.54) is 45.6 Å². The molecule has 2 fully saturated rings. The maximum Gasteiger partial charge on any atom is 0.351 e. The van der Waals surface area contributed by atoms with Crippen molar-refractivity contribution in [3.05, 3.63) is 22.7 Å². The van der Waals surface area contributed by atoms with Crippen LogP contribution in [-0.4, -0.2) is 95.4 Å². The molecule has 5 unspecified atom stereocenters. The summed E-state index contributed by atoms with van der Waals surface area (Å²) in [5.41, 5.74) is -0.769. The van der Waals surface area contributed by atoms with E-state index in [-0.39, 0.29) is 30.7 Å². The van der Waals surface area contributed by atoms with Gasteiger partial charge in [0.1, 0.15) is 11.9 Å². The van der Waals surface area contributed by atoms with Crippen LogP contribution in [0, 0.1) is 0 Å². The van der Waals surface area contributed by atoms with Gasteiger partial charge in [-0.05, 0) is 66.6 Å². The van der Waals surface area contributed by atoms with Crippen LogP contribution in [0.15, 0.2) is 17.1 Å². The van der Waals surface area contributed by atoms with Gasteiger partial charge in [0.25, 0.3) is 8.53 Å². The first-order chi connectivity index (χ1) is 19.0. The number of anilines is 1. The summed E-state index contributed by atoms with van der Waals surface area (Å²) >= 11 is 0. The van der Waals surface area contributed by atoms with E-state index in [0.717, 1.165) is 24.2 Å². The highest BCUT2D eigenvalue weighted by Gasteiger charge is 2.48. The quantitative estimate of drug-likeness (QED) is 0.390. The largest absolute Gasteiger partial charge is 0.400 e. The Balaban J connectivity index is 0.00000178. The Morgan fingerprint density at radius 3 is 2.61 bits per heavy atom. The summed E-state index contributed by atoms with van der Waals surface area (Å²) in [6, 6.07) is 1.57. The van der Waals surface area contributed by atoms with Crippen molar-refractivity contribution in [2.45, 2.75) is 97.5 Å². The van der Waals surface area contributed by atoms with Crippen LogP contribution >= 0.6 is 8.53 Å². The van der Waals surface area contributed by atoms with Crippen molar-refractivity contribution >= 4 is 20.3 Å². The van der Waals surface area contributed by atoms with Gasteiger partial charge in [-0.25, -0.2) is 13.9 Å². The number of aromatic nitrogens is 2. The highest BCUT2D eigenvalue weighted by molar-refractivity contribution is 7.44. The van der Waals surface area contributed by atoms with Gasteiger partial charge in [0.05, 0.1) is 12.7 Å². The smallest absolute Gasteiger partial charge is 0.351 e. The van der Waals surface area contributed by atoms with E-state index in [1.54, 1.807) is 0 Å². The molecule has 0 radical (unpaired) electrons. The molecule has 5 atom stereocenters. The van der Waals surface area contributed by atoms with Gasteiger partial charge >= 0.3 is 5.69 Å². The first kappa shape index (κ1) is 29.5. The van der Waals surface area contributed by atoms with Gasteiger partial charge < -0.3 is 29.1 Å². The van der Waals surface area contributed by atoms with Gasteiger partial charge in [0.2, 0.25) is 7.34 Å². The number of nitrogens with zero attached hydrogens (tertiary/aromatic N) is 4. The summed E-state index contributed by atoms with van der Waals surface area (Å²) < 4.78 is 51.0. The van der Waals surface area contributed by atoms with Crippen LogP contribution in [0.1, 0.15) is 68.4 Å². The number of amides is 1. The lowest BCUT2D eigenvalue weighted by Gasteiger charge is -2.38. The van der Waals surface area contributed by atoms with E-state index in [1.807, 2.05) is 27.7 Å². The second-order valence-corrected chi connectivity index (χ2v) is 11.2. The molecule has 38 heavy (non-hydrogen) atoms. The maximum atomic E-state index is 15.8. The fourth-order valence-corrected chi connectivity index (χ4v) is 6.32. The highest BCUT2D eigenvalue weighted by Crippen LogP contribution is 2.50. The maximum absolute atomic E-state index is 15.8. The molecule has 11 nitrogen and oxygen atoms in total. The molecule has 0 spiro atoms. The number of halogens is 1. The van der Waals surface area contributed by atoms with Gasteiger partial charge in [-0.3, -0.25) is 9.36 Å². The number of aliphatic hydroxyl groups excluding tert-OH is 1. The van der Waals surface area contributed by atoms with E-state index in [4.69, 9.17) is 16.6 Å². The van der Waals surface area contributed by atoms with Crippen LogP contribution in [0.25, 0.3) is 0 Å². The molecule has 0 aromatic carbocycles. The average molecular weight is 565 g/mol. The summed E-state index contributed by atoms with van der Waals surface area (Å²) in [6.45, 7) is 12.5. The van der Waals surface area contributed by atoms with Crippen LogP contribution in [-0.2, 0) is 18.6 Å². The van der Waals surface area contributed by atoms with Gasteiger partial charge in [0.15, 0.2) is 12.4 Å². The molecule has 218 valence electrons. The number of rotatable bonds is 11. The van der Waals surface area contributed by atoms with Crippen molar-refractivity contribution in [2.24, 2.45) is 0 Å². The lowest BCUT2D eigenvalue weighted by Crippen LogP contribution is -2.39. The second kappa shape index (κ2) is 15.9. The van der Waals surface area contributed by atoms with E-state index in [0.29, 0.717) is 6.61 Å². The fraction of sp³-hybridized carbons (Fsp3) is 0.800. The minimum absolute atomic E-state index is 0.0714. The third-order valence-corrected chi connectivity index (χ3v) is 8.32. The number of ether oxygens (including phenoxy) is 1. The number of piperidine rings is 1. The van der Waals surface area contributed by atoms with E-state index >= 15 is 4.39 Å². The standard InChI is InChI=1S/C24H41FN5O5P.CH4O/c1-16(2)30(17(3)4)36(33-15-14-28-11-8-7-9-12-28)35-22-18(5)34-23(21(22)25)29-13-10-20(26-19(6)31)27-24(29)32;1-2/h10,13,16-18,21-23H,7-9,11-12,14-15H2,1-6H3,(H,26,27,31,32);2H,1H3/i5D;2T. The van der Waals surface area contributed by atoms with Crippen LogP contribution in [0.3, 0.4) is 0 Å². The second-order valence-electron chi connectivity index (χ2n) is 9.80. The Kier molecular flexibility index (Phi) is 12.3. The molecule has 3 heterocycles. The molecule has 0 bridgehead atoms. The van der Waals surface area contributed by atoms with E-state index in [9.17, 15) is 9.59 Å². The van der Waals surface area contributed by atoms with Crippen LogP contribution in [0.2, 0.25) is 0 Å². The van der Waals surface area contributed by atoms with Crippen molar-refractivity contribution in [3.8, 4) is 0 Å².